The Morgan fingerprint density at radius 2 is 1.93 bits per heavy atom. The summed E-state index contributed by atoms with van der Waals surface area (Å²) < 4.78 is 10.8. The van der Waals surface area contributed by atoms with Crippen molar-refractivity contribution in [3.05, 3.63) is 0 Å². The lowest BCUT2D eigenvalue weighted by atomic mass is 10.0. The first-order valence-electron chi connectivity index (χ1n) is 5.14. The Morgan fingerprint density at radius 1 is 1.33 bits per heavy atom. The van der Waals surface area contributed by atoms with Crippen molar-refractivity contribution in [3.8, 4) is 0 Å². The lowest BCUT2D eigenvalue weighted by Crippen LogP contribution is -2.51. The van der Waals surface area contributed by atoms with Crippen LogP contribution in [0.3, 0.4) is 0 Å². The van der Waals surface area contributed by atoms with E-state index in [0.29, 0.717) is 0 Å². The molecule has 0 saturated carbocycles. The molecule has 0 aromatic carbocycles. The first kappa shape index (κ1) is 12.9. The predicted molar refractivity (Wildman–Crippen MR) is 53.2 cm³/mol. The van der Waals surface area contributed by atoms with E-state index >= 15 is 0 Å². The summed E-state index contributed by atoms with van der Waals surface area (Å²) in [5.74, 6) is 0. The fraction of sp³-hybridized carbons (Fsp3) is 1.00. The highest BCUT2D eigenvalue weighted by molar-refractivity contribution is 4.83. The zero-order valence-electron chi connectivity index (χ0n) is 9.38. The second-order valence-corrected chi connectivity index (χ2v) is 4.81. The molecule has 5 heteroatoms. The molecular formula is C10H20O5. The van der Waals surface area contributed by atoms with Crippen molar-refractivity contribution in [2.75, 3.05) is 6.61 Å². The zero-order chi connectivity index (χ0) is 11.6. The zero-order valence-corrected chi connectivity index (χ0v) is 9.38. The molecule has 3 N–H and O–H groups in total. The fourth-order valence-corrected chi connectivity index (χ4v) is 1.54. The molecular weight excluding hydrogens is 200 g/mol. The molecule has 1 aliphatic heterocycles. The third-order valence-electron chi connectivity index (χ3n) is 2.20. The number of aliphatic hydroxyl groups excluding tert-OH is 3. The molecule has 0 aliphatic carbocycles. The van der Waals surface area contributed by atoms with Crippen LogP contribution in [0.15, 0.2) is 0 Å². The molecule has 0 aromatic heterocycles. The molecule has 15 heavy (non-hydrogen) atoms. The highest BCUT2D eigenvalue weighted by atomic mass is 16.7. The predicted octanol–water partition coefficient (Wildman–Crippen LogP) is -0.369. The Bertz CT molecular complexity index is 200. The number of hydrogen-bond acceptors (Lipinski definition) is 5. The quantitative estimate of drug-likeness (QED) is 0.592. The van der Waals surface area contributed by atoms with Crippen LogP contribution < -0.4 is 0 Å². The van der Waals surface area contributed by atoms with Gasteiger partial charge in [-0.3, -0.25) is 0 Å². The van der Waals surface area contributed by atoms with Gasteiger partial charge in [0.05, 0.1) is 18.3 Å². The Morgan fingerprint density at radius 3 is 2.40 bits per heavy atom. The maximum Gasteiger partial charge on any atom is 0.161 e. The highest BCUT2D eigenvalue weighted by Gasteiger charge is 2.38. The van der Waals surface area contributed by atoms with Crippen LogP contribution in [0.4, 0.5) is 0 Å². The van der Waals surface area contributed by atoms with Gasteiger partial charge in [0.1, 0.15) is 12.2 Å². The molecule has 1 heterocycles. The van der Waals surface area contributed by atoms with Gasteiger partial charge in [0.25, 0.3) is 0 Å². The van der Waals surface area contributed by atoms with Gasteiger partial charge in [0.2, 0.25) is 0 Å². The second kappa shape index (κ2) is 4.76. The monoisotopic (exact) mass is 220 g/mol. The summed E-state index contributed by atoms with van der Waals surface area (Å²) in [5.41, 5.74) is -0.382. The average molecular weight is 220 g/mol. The Hall–Kier alpha value is -0.200. The minimum absolute atomic E-state index is 0.217. The van der Waals surface area contributed by atoms with E-state index in [9.17, 15) is 10.2 Å². The molecule has 1 rings (SSSR count). The summed E-state index contributed by atoms with van der Waals surface area (Å²) in [7, 11) is 0. The molecule has 1 aliphatic rings. The largest absolute Gasteiger partial charge is 0.394 e. The van der Waals surface area contributed by atoms with E-state index in [0.717, 1.165) is 0 Å². The molecule has 0 bridgehead atoms. The van der Waals surface area contributed by atoms with E-state index < -0.39 is 24.6 Å². The molecule has 0 aromatic rings. The van der Waals surface area contributed by atoms with Crippen LogP contribution in [-0.2, 0) is 9.47 Å². The van der Waals surface area contributed by atoms with Gasteiger partial charge in [-0.1, -0.05) is 0 Å². The van der Waals surface area contributed by atoms with E-state index in [4.69, 9.17) is 14.6 Å². The van der Waals surface area contributed by atoms with Crippen LogP contribution in [0.1, 0.15) is 27.2 Å². The summed E-state index contributed by atoms with van der Waals surface area (Å²) in [6.07, 6.45) is -3.10. The van der Waals surface area contributed by atoms with Crippen LogP contribution in [0.2, 0.25) is 0 Å². The van der Waals surface area contributed by atoms with E-state index in [1.54, 1.807) is 0 Å². The van der Waals surface area contributed by atoms with E-state index in [1.165, 1.54) is 0 Å². The minimum Gasteiger partial charge on any atom is -0.394 e. The van der Waals surface area contributed by atoms with Crippen molar-refractivity contribution in [2.24, 2.45) is 0 Å². The topological polar surface area (TPSA) is 79.2 Å². The fourth-order valence-electron chi connectivity index (χ4n) is 1.54. The summed E-state index contributed by atoms with van der Waals surface area (Å²) in [6.45, 7) is 5.30. The first-order chi connectivity index (χ1) is 6.83. The first-order valence-corrected chi connectivity index (χ1v) is 5.14. The maximum absolute atomic E-state index is 9.53. The standard InChI is InChI=1S/C10H20O5/c1-10(2,3)15-8-4-6(12)9(13)7(5-11)14-8/h6-9,11-13H,4-5H2,1-3H3. The van der Waals surface area contributed by atoms with Crippen molar-refractivity contribution in [1.82, 2.24) is 0 Å². The van der Waals surface area contributed by atoms with Gasteiger partial charge < -0.3 is 24.8 Å². The van der Waals surface area contributed by atoms with Crippen molar-refractivity contribution in [1.29, 1.82) is 0 Å². The van der Waals surface area contributed by atoms with Crippen molar-refractivity contribution in [2.45, 2.75) is 57.4 Å². The van der Waals surface area contributed by atoms with E-state index in [-0.39, 0.29) is 18.6 Å². The SMILES string of the molecule is CC(C)(C)OC1CC(O)C(O)C(CO)O1. The summed E-state index contributed by atoms with van der Waals surface area (Å²) in [6, 6.07) is 0. The maximum atomic E-state index is 9.53. The molecule has 0 spiro atoms. The molecule has 0 radical (unpaired) electrons. The molecule has 0 amide bonds. The molecule has 5 nitrogen and oxygen atoms in total. The molecule has 1 saturated heterocycles. The van der Waals surface area contributed by atoms with Gasteiger partial charge in [0.15, 0.2) is 6.29 Å². The van der Waals surface area contributed by atoms with Gasteiger partial charge in [-0.2, -0.15) is 0 Å². The Labute approximate surface area is 89.6 Å². The van der Waals surface area contributed by atoms with Gasteiger partial charge in [0, 0.05) is 6.42 Å². The summed E-state index contributed by atoms with van der Waals surface area (Å²) in [4.78, 5) is 0. The van der Waals surface area contributed by atoms with Gasteiger partial charge in [-0.05, 0) is 20.8 Å². The second-order valence-electron chi connectivity index (χ2n) is 4.81. The smallest absolute Gasteiger partial charge is 0.161 e. The van der Waals surface area contributed by atoms with Crippen LogP contribution in [0, 0.1) is 0 Å². The van der Waals surface area contributed by atoms with Crippen LogP contribution >= 0.6 is 0 Å². The van der Waals surface area contributed by atoms with Crippen LogP contribution in [0.5, 0.6) is 0 Å². The molecule has 4 atom stereocenters. The Balaban J connectivity index is 2.55. The van der Waals surface area contributed by atoms with E-state index in [2.05, 4.69) is 0 Å². The highest BCUT2D eigenvalue weighted by Crippen LogP contribution is 2.24. The summed E-state index contributed by atoms with van der Waals surface area (Å²) in [5, 5.41) is 27.9. The van der Waals surface area contributed by atoms with Gasteiger partial charge in [-0.25, -0.2) is 0 Å². The van der Waals surface area contributed by atoms with Crippen molar-refractivity contribution in [3.63, 3.8) is 0 Å². The van der Waals surface area contributed by atoms with E-state index in [1.807, 2.05) is 20.8 Å². The normalized spacial score (nSPS) is 38.0. The van der Waals surface area contributed by atoms with Crippen molar-refractivity contribution >= 4 is 0 Å². The number of ether oxygens (including phenoxy) is 2. The number of aliphatic hydroxyl groups is 3. The van der Waals surface area contributed by atoms with Crippen LogP contribution in [0.25, 0.3) is 0 Å². The van der Waals surface area contributed by atoms with Crippen molar-refractivity contribution < 1.29 is 24.8 Å². The lowest BCUT2D eigenvalue weighted by molar-refractivity contribution is -0.280. The third kappa shape index (κ3) is 3.70. The van der Waals surface area contributed by atoms with Gasteiger partial charge >= 0.3 is 0 Å². The van der Waals surface area contributed by atoms with Crippen LogP contribution in [-0.4, -0.2) is 52.1 Å². The number of hydrogen-bond donors (Lipinski definition) is 3. The molecule has 4 unspecified atom stereocenters. The average Bonchev–Trinajstić information content (AvgIpc) is 2.08. The Kier molecular flexibility index (Phi) is 4.08. The van der Waals surface area contributed by atoms with Gasteiger partial charge in [-0.15, -0.1) is 0 Å². The number of rotatable bonds is 2. The minimum atomic E-state index is -1.05. The lowest BCUT2D eigenvalue weighted by Gasteiger charge is -2.38. The molecule has 90 valence electrons. The molecule has 1 fully saturated rings. The third-order valence-corrected chi connectivity index (χ3v) is 2.20. The summed E-state index contributed by atoms with van der Waals surface area (Å²) >= 11 is 0.